The highest BCUT2D eigenvalue weighted by atomic mass is 16.5. The van der Waals surface area contributed by atoms with Crippen LogP contribution in [0.1, 0.15) is 11.1 Å². The molecule has 5 heteroatoms. The molecular weight excluding hydrogens is 256 g/mol. The van der Waals surface area contributed by atoms with E-state index in [1.165, 1.54) is 0 Å². The predicted octanol–water partition coefficient (Wildman–Crippen LogP) is 3.77. The molecule has 0 aliphatic rings. The van der Waals surface area contributed by atoms with Gasteiger partial charge in [-0.1, -0.05) is 0 Å². The van der Waals surface area contributed by atoms with Gasteiger partial charge in [0.2, 0.25) is 0 Å². The van der Waals surface area contributed by atoms with Gasteiger partial charge in [-0.3, -0.25) is 5.32 Å². The Balaban J connectivity index is 2.28. The molecule has 0 fully saturated rings. The van der Waals surface area contributed by atoms with Gasteiger partial charge in [-0.2, -0.15) is 0 Å². The van der Waals surface area contributed by atoms with E-state index < -0.39 is 6.09 Å². The number of hydrogen-bond donors (Lipinski definition) is 3. The van der Waals surface area contributed by atoms with Crippen molar-refractivity contribution in [3.63, 3.8) is 0 Å². The van der Waals surface area contributed by atoms with Crippen molar-refractivity contribution in [1.29, 1.82) is 0 Å². The molecule has 4 N–H and O–H groups in total. The van der Waals surface area contributed by atoms with Gasteiger partial charge in [0.1, 0.15) is 11.5 Å². The Morgan fingerprint density at radius 1 is 1.15 bits per heavy atom. The first-order valence-corrected chi connectivity index (χ1v) is 6.10. The Kier molecular flexibility index (Phi) is 3.79. The summed E-state index contributed by atoms with van der Waals surface area (Å²) in [5, 5.41) is 11.1. The molecule has 104 valence electrons. The van der Waals surface area contributed by atoms with E-state index >= 15 is 0 Å². The summed E-state index contributed by atoms with van der Waals surface area (Å²) in [5.74, 6) is 1.40. The van der Waals surface area contributed by atoms with E-state index in [1.54, 1.807) is 36.4 Å². The number of nitrogen functional groups attached to an aromatic ring is 1. The zero-order valence-electron chi connectivity index (χ0n) is 11.3. The maximum absolute atomic E-state index is 10.6. The Morgan fingerprint density at radius 2 is 1.70 bits per heavy atom. The monoisotopic (exact) mass is 272 g/mol. The Hall–Kier alpha value is -2.69. The van der Waals surface area contributed by atoms with E-state index in [4.69, 9.17) is 15.6 Å². The number of aryl methyl sites for hydroxylation is 2. The minimum absolute atomic E-state index is 0.525. The number of nitrogens with one attached hydrogen (secondary N) is 1. The third-order valence-corrected chi connectivity index (χ3v) is 2.81. The van der Waals surface area contributed by atoms with Crippen LogP contribution >= 0.6 is 0 Å². The van der Waals surface area contributed by atoms with Gasteiger partial charge >= 0.3 is 6.09 Å². The van der Waals surface area contributed by atoms with E-state index in [1.807, 2.05) is 13.8 Å². The number of carboxylic acid groups (broad SMARTS) is 1. The summed E-state index contributed by atoms with van der Waals surface area (Å²) >= 11 is 0. The molecule has 2 aromatic rings. The minimum Gasteiger partial charge on any atom is -0.465 e. The van der Waals surface area contributed by atoms with Crippen LogP contribution in [0.15, 0.2) is 36.4 Å². The standard InChI is InChI=1S/C15H16N2O3/c1-9-7-12(17-15(18)19)8-10(2)14(9)20-13-5-3-11(16)4-6-13/h3-8,17H,16H2,1-2H3,(H,18,19). The zero-order valence-corrected chi connectivity index (χ0v) is 11.3. The highest BCUT2D eigenvalue weighted by Crippen LogP contribution is 2.31. The van der Waals surface area contributed by atoms with Gasteiger partial charge in [0.05, 0.1) is 0 Å². The number of anilines is 2. The molecule has 2 aromatic carbocycles. The highest BCUT2D eigenvalue weighted by molar-refractivity contribution is 5.83. The zero-order chi connectivity index (χ0) is 14.7. The van der Waals surface area contributed by atoms with Crippen LogP contribution in [-0.2, 0) is 0 Å². The molecule has 0 aliphatic carbocycles. The number of benzene rings is 2. The lowest BCUT2D eigenvalue weighted by molar-refractivity contribution is 0.209. The average molecular weight is 272 g/mol. The highest BCUT2D eigenvalue weighted by Gasteiger charge is 2.09. The summed E-state index contributed by atoms with van der Waals surface area (Å²) in [6.07, 6.45) is -1.09. The van der Waals surface area contributed by atoms with Crippen LogP contribution in [0.3, 0.4) is 0 Å². The summed E-state index contributed by atoms with van der Waals surface area (Å²) in [6, 6.07) is 10.6. The molecule has 0 aromatic heterocycles. The molecular formula is C15H16N2O3. The van der Waals surface area contributed by atoms with Crippen molar-refractivity contribution in [3.8, 4) is 11.5 Å². The van der Waals surface area contributed by atoms with E-state index in [-0.39, 0.29) is 0 Å². The molecule has 0 aliphatic heterocycles. The summed E-state index contributed by atoms with van der Waals surface area (Å²) in [5.41, 5.74) is 8.53. The topological polar surface area (TPSA) is 84.6 Å². The number of carbonyl (C=O) groups is 1. The molecule has 2 rings (SSSR count). The molecule has 0 spiro atoms. The second-order valence-corrected chi connectivity index (χ2v) is 4.54. The lowest BCUT2D eigenvalue weighted by Crippen LogP contribution is -2.07. The minimum atomic E-state index is -1.09. The molecule has 0 unspecified atom stereocenters. The molecule has 0 radical (unpaired) electrons. The normalized spacial score (nSPS) is 10.1. The summed E-state index contributed by atoms with van der Waals surface area (Å²) < 4.78 is 5.82. The maximum atomic E-state index is 10.6. The first-order chi connectivity index (χ1) is 9.45. The van der Waals surface area contributed by atoms with Crippen LogP contribution in [0.5, 0.6) is 11.5 Å². The smallest absolute Gasteiger partial charge is 0.409 e. The third kappa shape index (κ3) is 3.20. The summed E-state index contributed by atoms with van der Waals surface area (Å²) in [6.45, 7) is 3.74. The first kappa shape index (κ1) is 13.7. The van der Waals surface area contributed by atoms with Crippen molar-refractivity contribution >= 4 is 17.5 Å². The maximum Gasteiger partial charge on any atom is 0.409 e. The SMILES string of the molecule is Cc1cc(NC(=O)O)cc(C)c1Oc1ccc(N)cc1. The molecule has 0 saturated carbocycles. The second kappa shape index (κ2) is 5.52. The second-order valence-electron chi connectivity index (χ2n) is 4.54. The van der Waals surface area contributed by atoms with Gasteiger partial charge in [0.25, 0.3) is 0 Å². The molecule has 1 amide bonds. The average Bonchev–Trinajstić information content (AvgIpc) is 2.35. The van der Waals surface area contributed by atoms with Gasteiger partial charge in [-0.05, 0) is 61.4 Å². The Bertz CT molecular complexity index is 613. The number of nitrogens with two attached hydrogens (primary N) is 1. The van der Waals surface area contributed by atoms with Crippen molar-refractivity contribution in [1.82, 2.24) is 0 Å². The third-order valence-electron chi connectivity index (χ3n) is 2.81. The van der Waals surface area contributed by atoms with Crippen LogP contribution in [0.25, 0.3) is 0 Å². The van der Waals surface area contributed by atoms with Gasteiger partial charge in [-0.25, -0.2) is 4.79 Å². The fourth-order valence-electron chi connectivity index (χ4n) is 1.96. The molecule has 5 nitrogen and oxygen atoms in total. The van der Waals surface area contributed by atoms with Gasteiger partial charge in [0.15, 0.2) is 0 Å². The lowest BCUT2D eigenvalue weighted by Gasteiger charge is -2.13. The first-order valence-electron chi connectivity index (χ1n) is 6.10. The van der Waals surface area contributed by atoms with Crippen LogP contribution in [0, 0.1) is 13.8 Å². The summed E-state index contributed by atoms with van der Waals surface area (Å²) in [4.78, 5) is 10.6. The van der Waals surface area contributed by atoms with E-state index in [2.05, 4.69) is 5.32 Å². The fraction of sp³-hybridized carbons (Fsp3) is 0.133. The number of rotatable bonds is 3. The largest absolute Gasteiger partial charge is 0.465 e. The van der Waals surface area contributed by atoms with Crippen molar-refractivity contribution in [2.24, 2.45) is 0 Å². The Labute approximate surface area is 117 Å². The van der Waals surface area contributed by atoms with Crippen LogP contribution < -0.4 is 15.8 Å². The van der Waals surface area contributed by atoms with Crippen molar-refractivity contribution in [2.75, 3.05) is 11.1 Å². The van der Waals surface area contributed by atoms with Crippen molar-refractivity contribution in [2.45, 2.75) is 13.8 Å². The van der Waals surface area contributed by atoms with Crippen molar-refractivity contribution < 1.29 is 14.6 Å². The van der Waals surface area contributed by atoms with Crippen LogP contribution in [0.2, 0.25) is 0 Å². The molecule has 0 heterocycles. The quantitative estimate of drug-likeness (QED) is 0.742. The molecule has 20 heavy (non-hydrogen) atoms. The van der Waals surface area contributed by atoms with E-state index in [0.29, 0.717) is 22.9 Å². The lowest BCUT2D eigenvalue weighted by atomic mass is 10.1. The number of ether oxygens (including phenoxy) is 1. The Morgan fingerprint density at radius 3 is 2.20 bits per heavy atom. The van der Waals surface area contributed by atoms with Gasteiger partial charge in [0, 0.05) is 11.4 Å². The van der Waals surface area contributed by atoms with Crippen molar-refractivity contribution in [3.05, 3.63) is 47.5 Å². The van der Waals surface area contributed by atoms with Gasteiger partial charge < -0.3 is 15.6 Å². The van der Waals surface area contributed by atoms with Gasteiger partial charge in [-0.15, -0.1) is 0 Å². The van der Waals surface area contributed by atoms with Crippen LogP contribution in [0.4, 0.5) is 16.2 Å². The van der Waals surface area contributed by atoms with Crippen LogP contribution in [-0.4, -0.2) is 11.2 Å². The molecule has 0 bridgehead atoms. The fourth-order valence-corrected chi connectivity index (χ4v) is 1.96. The number of amides is 1. The summed E-state index contributed by atoms with van der Waals surface area (Å²) in [7, 11) is 0. The number of hydrogen-bond acceptors (Lipinski definition) is 3. The predicted molar refractivity (Wildman–Crippen MR) is 78.5 cm³/mol. The molecule has 0 saturated heterocycles. The van der Waals surface area contributed by atoms with E-state index in [0.717, 1.165) is 11.1 Å². The molecule has 0 atom stereocenters. The van der Waals surface area contributed by atoms with E-state index in [9.17, 15) is 4.79 Å².